The molecular weight excluding hydrogens is 380 g/mol. The fourth-order valence-corrected chi connectivity index (χ4v) is 4.20. The minimum absolute atomic E-state index is 0.0541. The molecule has 0 radical (unpaired) electrons. The Morgan fingerprint density at radius 2 is 1.97 bits per heavy atom. The van der Waals surface area contributed by atoms with Crippen LogP contribution in [0.15, 0.2) is 23.6 Å². The summed E-state index contributed by atoms with van der Waals surface area (Å²) in [6, 6.07) is 5.93. The summed E-state index contributed by atoms with van der Waals surface area (Å²) in [5, 5.41) is 10.5. The zero-order chi connectivity index (χ0) is 21.1. The lowest BCUT2D eigenvalue weighted by Gasteiger charge is -2.09. The monoisotopic (exact) mass is 410 g/mol. The summed E-state index contributed by atoms with van der Waals surface area (Å²) in [6.07, 6.45) is 2.43. The maximum absolute atomic E-state index is 12.5. The molecule has 3 aromatic rings. The number of nitrogens with one attached hydrogen (secondary N) is 1. The second-order valence-electron chi connectivity index (χ2n) is 8.09. The van der Waals surface area contributed by atoms with Crippen LogP contribution >= 0.6 is 11.3 Å². The summed E-state index contributed by atoms with van der Waals surface area (Å²) >= 11 is 1.53. The van der Waals surface area contributed by atoms with Crippen molar-refractivity contribution < 1.29 is 4.79 Å². The Labute approximate surface area is 177 Å². The first-order valence-electron chi connectivity index (χ1n) is 10.1. The molecule has 29 heavy (non-hydrogen) atoms. The van der Waals surface area contributed by atoms with Crippen LogP contribution in [0, 0.1) is 33.6 Å². The highest BCUT2D eigenvalue weighted by Gasteiger charge is 2.16. The SMILES string of the molecule is Cc1cccc(NC(=O)Cc2csc(-n3nc(C)c(CCC(C)C)c3C)n2)c1C. The Hall–Kier alpha value is -2.47. The van der Waals surface area contributed by atoms with Crippen molar-refractivity contribution in [2.24, 2.45) is 5.92 Å². The highest BCUT2D eigenvalue weighted by Crippen LogP contribution is 2.23. The molecular formula is C23H30N4OS. The number of rotatable bonds is 7. The van der Waals surface area contributed by atoms with E-state index in [4.69, 9.17) is 5.10 Å². The van der Waals surface area contributed by atoms with E-state index in [-0.39, 0.29) is 12.3 Å². The van der Waals surface area contributed by atoms with Gasteiger partial charge < -0.3 is 5.32 Å². The first-order valence-corrected chi connectivity index (χ1v) is 11.0. The van der Waals surface area contributed by atoms with E-state index in [1.54, 1.807) is 0 Å². The maximum atomic E-state index is 12.5. The first kappa shape index (κ1) is 21.2. The van der Waals surface area contributed by atoms with Crippen LogP contribution in [0.25, 0.3) is 5.13 Å². The van der Waals surface area contributed by atoms with Crippen LogP contribution in [0.5, 0.6) is 0 Å². The largest absolute Gasteiger partial charge is 0.325 e. The van der Waals surface area contributed by atoms with Gasteiger partial charge in [0.1, 0.15) is 0 Å². The molecule has 1 N–H and O–H groups in total. The molecule has 5 nitrogen and oxygen atoms in total. The number of nitrogens with zero attached hydrogens (tertiary/aromatic N) is 3. The molecule has 0 bridgehead atoms. The first-order chi connectivity index (χ1) is 13.8. The number of aryl methyl sites for hydroxylation is 2. The van der Waals surface area contributed by atoms with Crippen molar-refractivity contribution in [3.8, 4) is 5.13 Å². The molecule has 0 aliphatic carbocycles. The second-order valence-corrected chi connectivity index (χ2v) is 8.92. The number of carbonyl (C=O) groups is 1. The normalized spacial score (nSPS) is 11.3. The summed E-state index contributed by atoms with van der Waals surface area (Å²) in [7, 11) is 0. The van der Waals surface area contributed by atoms with Crippen molar-refractivity contribution >= 4 is 22.9 Å². The number of carbonyl (C=O) groups excluding carboxylic acids is 1. The van der Waals surface area contributed by atoms with E-state index in [1.165, 1.54) is 16.9 Å². The quantitative estimate of drug-likeness (QED) is 0.572. The number of hydrogen-bond acceptors (Lipinski definition) is 4. The van der Waals surface area contributed by atoms with Crippen molar-refractivity contribution in [3.05, 3.63) is 57.4 Å². The second kappa shape index (κ2) is 8.91. The van der Waals surface area contributed by atoms with Crippen LogP contribution in [0.1, 0.15) is 54.0 Å². The van der Waals surface area contributed by atoms with Gasteiger partial charge in [-0.2, -0.15) is 5.10 Å². The molecule has 0 saturated carbocycles. The van der Waals surface area contributed by atoms with Crippen LogP contribution in [-0.4, -0.2) is 20.7 Å². The van der Waals surface area contributed by atoms with E-state index in [1.807, 2.05) is 42.1 Å². The minimum atomic E-state index is -0.0541. The van der Waals surface area contributed by atoms with Gasteiger partial charge >= 0.3 is 0 Å². The Kier molecular flexibility index (Phi) is 6.52. The predicted molar refractivity (Wildman–Crippen MR) is 120 cm³/mol. The molecule has 0 unspecified atom stereocenters. The summed E-state index contributed by atoms with van der Waals surface area (Å²) in [4.78, 5) is 17.2. The smallest absolute Gasteiger partial charge is 0.230 e. The fraction of sp³-hybridized carbons (Fsp3) is 0.435. The minimum Gasteiger partial charge on any atom is -0.325 e. The van der Waals surface area contributed by atoms with E-state index in [0.717, 1.165) is 51.9 Å². The molecule has 0 fully saturated rings. The summed E-state index contributed by atoms with van der Waals surface area (Å²) in [6.45, 7) is 12.7. The molecule has 0 saturated heterocycles. The van der Waals surface area contributed by atoms with Gasteiger partial charge in [-0.25, -0.2) is 9.67 Å². The van der Waals surface area contributed by atoms with E-state index in [2.05, 4.69) is 38.0 Å². The van der Waals surface area contributed by atoms with Gasteiger partial charge in [-0.1, -0.05) is 26.0 Å². The number of hydrogen-bond donors (Lipinski definition) is 1. The topological polar surface area (TPSA) is 59.8 Å². The Morgan fingerprint density at radius 1 is 1.21 bits per heavy atom. The van der Waals surface area contributed by atoms with Gasteiger partial charge in [0.25, 0.3) is 0 Å². The number of thiazole rings is 1. The van der Waals surface area contributed by atoms with Gasteiger partial charge in [0.2, 0.25) is 11.0 Å². The van der Waals surface area contributed by atoms with Crippen molar-refractivity contribution in [1.29, 1.82) is 0 Å². The zero-order valence-corrected chi connectivity index (χ0v) is 19.0. The standard InChI is InChI=1S/C23H30N4OS/c1-14(2)10-11-20-17(5)26-27(18(20)6)23-24-19(13-29-23)12-22(28)25-21-9-7-8-15(3)16(21)4/h7-9,13-14H,10-12H2,1-6H3,(H,25,28). The summed E-state index contributed by atoms with van der Waals surface area (Å²) in [5.74, 6) is 0.612. The summed E-state index contributed by atoms with van der Waals surface area (Å²) < 4.78 is 1.92. The molecule has 1 amide bonds. The molecule has 0 spiro atoms. The molecule has 1 aromatic carbocycles. The van der Waals surface area contributed by atoms with Crippen LogP contribution in [0.2, 0.25) is 0 Å². The molecule has 2 heterocycles. The lowest BCUT2D eigenvalue weighted by atomic mass is 10.0. The molecule has 3 rings (SSSR count). The van der Waals surface area contributed by atoms with E-state index in [0.29, 0.717) is 5.92 Å². The summed E-state index contributed by atoms with van der Waals surface area (Å²) in [5.41, 5.74) is 7.40. The number of aromatic nitrogens is 3. The Morgan fingerprint density at radius 3 is 2.69 bits per heavy atom. The Bertz CT molecular complexity index is 1020. The van der Waals surface area contributed by atoms with Gasteiger partial charge in [0.15, 0.2) is 0 Å². The number of anilines is 1. The number of benzene rings is 1. The average molecular weight is 411 g/mol. The fourth-order valence-electron chi connectivity index (χ4n) is 3.38. The molecule has 154 valence electrons. The Balaban J connectivity index is 1.72. The van der Waals surface area contributed by atoms with Crippen LogP contribution in [0.4, 0.5) is 5.69 Å². The van der Waals surface area contributed by atoms with Gasteiger partial charge in [-0.15, -0.1) is 11.3 Å². The van der Waals surface area contributed by atoms with Gasteiger partial charge in [-0.3, -0.25) is 4.79 Å². The highest BCUT2D eigenvalue weighted by molar-refractivity contribution is 7.12. The van der Waals surface area contributed by atoms with E-state index in [9.17, 15) is 4.79 Å². The third-order valence-corrected chi connectivity index (χ3v) is 6.22. The van der Waals surface area contributed by atoms with Gasteiger partial charge in [0.05, 0.1) is 17.8 Å². The molecule has 0 aliphatic rings. The predicted octanol–water partition coefficient (Wildman–Crippen LogP) is 5.33. The van der Waals surface area contributed by atoms with Crippen molar-refractivity contribution in [2.45, 2.75) is 60.8 Å². The van der Waals surface area contributed by atoms with Crippen molar-refractivity contribution in [3.63, 3.8) is 0 Å². The van der Waals surface area contributed by atoms with E-state index < -0.39 is 0 Å². The van der Waals surface area contributed by atoms with Crippen molar-refractivity contribution in [1.82, 2.24) is 14.8 Å². The van der Waals surface area contributed by atoms with Crippen molar-refractivity contribution in [2.75, 3.05) is 5.32 Å². The maximum Gasteiger partial charge on any atom is 0.230 e. The van der Waals surface area contributed by atoms with Gasteiger partial charge in [-0.05, 0) is 69.2 Å². The van der Waals surface area contributed by atoms with Crippen LogP contribution in [0.3, 0.4) is 0 Å². The van der Waals surface area contributed by atoms with E-state index >= 15 is 0 Å². The highest BCUT2D eigenvalue weighted by atomic mass is 32.1. The third-order valence-electron chi connectivity index (χ3n) is 5.35. The zero-order valence-electron chi connectivity index (χ0n) is 18.2. The third kappa shape index (κ3) is 4.93. The number of amides is 1. The average Bonchev–Trinajstić information content (AvgIpc) is 3.21. The van der Waals surface area contributed by atoms with Crippen LogP contribution < -0.4 is 5.32 Å². The lowest BCUT2D eigenvalue weighted by Crippen LogP contribution is -2.15. The molecule has 0 aliphatic heterocycles. The molecule has 2 aromatic heterocycles. The lowest BCUT2D eigenvalue weighted by molar-refractivity contribution is -0.115. The van der Waals surface area contributed by atoms with Crippen LogP contribution in [-0.2, 0) is 17.6 Å². The van der Waals surface area contributed by atoms with Gasteiger partial charge in [0, 0.05) is 16.8 Å². The molecule has 0 atom stereocenters. The molecule has 6 heteroatoms.